The van der Waals surface area contributed by atoms with Crippen molar-refractivity contribution in [2.45, 2.75) is 25.6 Å². The topological polar surface area (TPSA) is 57.8 Å². The molecule has 0 saturated heterocycles. The summed E-state index contributed by atoms with van der Waals surface area (Å²) >= 11 is 0. The van der Waals surface area contributed by atoms with Gasteiger partial charge in [0.05, 0.1) is 16.6 Å². The third kappa shape index (κ3) is 4.37. The number of imidazole rings is 1. The minimum Gasteiger partial charge on any atom is -0.352 e. The minimum absolute atomic E-state index is 0.0584. The fourth-order valence-corrected chi connectivity index (χ4v) is 2.50. The van der Waals surface area contributed by atoms with Crippen LogP contribution < -0.4 is 5.32 Å². The van der Waals surface area contributed by atoms with Crippen LogP contribution in [-0.4, -0.2) is 15.9 Å². The molecule has 130 valence electrons. The maximum atomic E-state index is 12.7. The quantitative estimate of drug-likeness (QED) is 0.737. The summed E-state index contributed by atoms with van der Waals surface area (Å²) in [5, 5.41) is 2.63. The van der Waals surface area contributed by atoms with Crippen LogP contribution in [0.3, 0.4) is 0 Å². The number of halogens is 3. The second kappa shape index (κ2) is 6.96. The lowest BCUT2D eigenvalue weighted by Crippen LogP contribution is -2.23. The summed E-state index contributed by atoms with van der Waals surface area (Å²) in [6.45, 7) is 0.0584. The monoisotopic (exact) mass is 347 g/mol. The SMILES string of the molecule is O=C(CCc1nc2ccccc2[nH]1)NCc1cccc(C(F)(F)F)c1. The van der Waals surface area contributed by atoms with E-state index in [2.05, 4.69) is 15.3 Å². The molecule has 0 radical (unpaired) electrons. The highest BCUT2D eigenvalue weighted by Gasteiger charge is 2.30. The van der Waals surface area contributed by atoms with E-state index >= 15 is 0 Å². The lowest BCUT2D eigenvalue weighted by atomic mass is 10.1. The first-order chi connectivity index (χ1) is 11.9. The first kappa shape index (κ1) is 17.0. The summed E-state index contributed by atoms with van der Waals surface area (Å²) in [5.74, 6) is 0.466. The number of hydrogen-bond donors (Lipinski definition) is 2. The highest BCUT2D eigenvalue weighted by molar-refractivity contribution is 5.77. The Labute approximate surface area is 142 Å². The van der Waals surface area contributed by atoms with Crippen molar-refractivity contribution >= 4 is 16.9 Å². The van der Waals surface area contributed by atoms with E-state index in [-0.39, 0.29) is 18.9 Å². The molecule has 1 heterocycles. The summed E-state index contributed by atoms with van der Waals surface area (Å²) < 4.78 is 38.0. The molecule has 3 aromatic rings. The van der Waals surface area contributed by atoms with E-state index in [0.717, 1.165) is 23.2 Å². The molecule has 1 aromatic heterocycles. The molecule has 0 saturated carbocycles. The Kier molecular flexibility index (Phi) is 4.74. The van der Waals surface area contributed by atoms with Crippen molar-refractivity contribution < 1.29 is 18.0 Å². The van der Waals surface area contributed by atoms with Crippen molar-refractivity contribution in [1.29, 1.82) is 0 Å². The molecule has 25 heavy (non-hydrogen) atoms. The van der Waals surface area contributed by atoms with E-state index in [9.17, 15) is 18.0 Å². The number of aromatic amines is 1. The number of nitrogens with zero attached hydrogens (tertiary/aromatic N) is 1. The second-order valence-corrected chi connectivity index (χ2v) is 5.68. The summed E-state index contributed by atoms with van der Waals surface area (Å²) in [4.78, 5) is 19.4. The van der Waals surface area contributed by atoms with Crippen molar-refractivity contribution in [2.24, 2.45) is 0 Å². The second-order valence-electron chi connectivity index (χ2n) is 5.68. The molecule has 4 nitrogen and oxygen atoms in total. The van der Waals surface area contributed by atoms with E-state index in [0.29, 0.717) is 17.8 Å². The van der Waals surface area contributed by atoms with Crippen LogP contribution in [0.15, 0.2) is 48.5 Å². The van der Waals surface area contributed by atoms with Crippen LogP contribution >= 0.6 is 0 Å². The van der Waals surface area contributed by atoms with Crippen molar-refractivity contribution in [1.82, 2.24) is 15.3 Å². The van der Waals surface area contributed by atoms with E-state index in [1.54, 1.807) is 6.07 Å². The zero-order chi connectivity index (χ0) is 17.9. The predicted molar refractivity (Wildman–Crippen MR) is 87.7 cm³/mol. The molecular weight excluding hydrogens is 331 g/mol. The first-order valence-electron chi connectivity index (χ1n) is 7.78. The van der Waals surface area contributed by atoms with Crippen LogP contribution in [0.1, 0.15) is 23.4 Å². The largest absolute Gasteiger partial charge is 0.416 e. The minimum atomic E-state index is -4.39. The molecule has 0 fully saturated rings. The van der Waals surface area contributed by atoms with Crippen LogP contribution in [0.5, 0.6) is 0 Å². The first-order valence-corrected chi connectivity index (χ1v) is 7.78. The Morgan fingerprint density at radius 3 is 2.68 bits per heavy atom. The van der Waals surface area contributed by atoms with Gasteiger partial charge in [-0.05, 0) is 29.8 Å². The predicted octanol–water partition coefficient (Wildman–Crippen LogP) is 3.83. The maximum absolute atomic E-state index is 12.7. The Morgan fingerprint density at radius 1 is 1.12 bits per heavy atom. The fraction of sp³-hybridized carbons (Fsp3) is 0.222. The molecule has 1 amide bonds. The molecule has 2 N–H and O–H groups in total. The smallest absolute Gasteiger partial charge is 0.352 e. The molecule has 0 unspecified atom stereocenters. The van der Waals surface area contributed by atoms with Gasteiger partial charge in [-0.25, -0.2) is 4.98 Å². The van der Waals surface area contributed by atoms with Gasteiger partial charge in [-0.1, -0.05) is 24.3 Å². The van der Waals surface area contributed by atoms with E-state index < -0.39 is 11.7 Å². The Morgan fingerprint density at radius 2 is 1.92 bits per heavy atom. The van der Waals surface area contributed by atoms with Crippen molar-refractivity contribution in [2.75, 3.05) is 0 Å². The summed E-state index contributed by atoms with van der Waals surface area (Å²) in [6, 6.07) is 12.5. The van der Waals surface area contributed by atoms with Crippen LogP contribution in [0.2, 0.25) is 0 Å². The normalized spacial score (nSPS) is 11.6. The molecule has 2 aromatic carbocycles. The zero-order valence-corrected chi connectivity index (χ0v) is 13.2. The van der Waals surface area contributed by atoms with Crippen molar-refractivity contribution in [3.63, 3.8) is 0 Å². The number of carbonyl (C=O) groups excluding carboxylic acids is 1. The number of para-hydroxylation sites is 2. The molecule has 0 spiro atoms. The number of nitrogens with one attached hydrogen (secondary N) is 2. The maximum Gasteiger partial charge on any atom is 0.416 e. The van der Waals surface area contributed by atoms with Gasteiger partial charge in [0.25, 0.3) is 0 Å². The Balaban J connectivity index is 1.53. The molecule has 0 aliphatic heterocycles. The van der Waals surface area contributed by atoms with E-state index in [1.807, 2.05) is 24.3 Å². The number of aromatic nitrogens is 2. The number of hydrogen-bond acceptors (Lipinski definition) is 2. The van der Waals surface area contributed by atoms with Gasteiger partial charge in [-0.15, -0.1) is 0 Å². The fourth-order valence-electron chi connectivity index (χ4n) is 2.50. The summed E-state index contributed by atoms with van der Waals surface area (Å²) in [7, 11) is 0. The number of rotatable bonds is 5. The third-order valence-corrected chi connectivity index (χ3v) is 3.77. The standard InChI is InChI=1S/C18H16F3N3O/c19-18(20,21)13-5-3-4-12(10-13)11-22-17(25)9-8-16-23-14-6-1-2-7-15(14)24-16/h1-7,10H,8-9,11H2,(H,22,25)(H,23,24). The van der Waals surface area contributed by atoms with Crippen molar-refractivity contribution in [3.8, 4) is 0 Å². The number of carbonyl (C=O) groups is 1. The lowest BCUT2D eigenvalue weighted by Gasteiger charge is -2.09. The molecule has 0 atom stereocenters. The highest BCUT2D eigenvalue weighted by Crippen LogP contribution is 2.29. The number of alkyl halides is 3. The highest BCUT2D eigenvalue weighted by atomic mass is 19.4. The van der Waals surface area contributed by atoms with Gasteiger partial charge in [0, 0.05) is 19.4 Å². The third-order valence-electron chi connectivity index (χ3n) is 3.77. The number of H-pyrrole nitrogens is 1. The number of amides is 1. The van der Waals surface area contributed by atoms with Crippen LogP contribution in [0.4, 0.5) is 13.2 Å². The number of benzene rings is 2. The Bertz CT molecular complexity index is 853. The average molecular weight is 347 g/mol. The molecule has 7 heteroatoms. The van der Waals surface area contributed by atoms with Gasteiger partial charge in [0.1, 0.15) is 5.82 Å². The van der Waals surface area contributed by atoms with Gasteiger partial charge in [-0.2, -0.15) is 13.2 Å². The van der Waals surface area contributed by atoms with E-state index in [4.69, 9.17) is 0 Å². The molecule has 0 aliphatic rings. The number of fused-ring (bicyclic) bond motifs is 1. The van der Waals surface area contributed by atoms with Crippen LogP contribution in [0.25, 0.3) is 11.0 Å². The average Bonchev–Trinajstić information content (AvgIpc) is 3.00. The molecule has 0 bridgehead atoms. The summed E-state index contributed by atoms with van der Waals surface area (Å²) in [6.07, 6.45) is -3.75. The molecule has 3 rings (SSSR count). The lowest BCUT2D eigenvalue weighted by molar-refractivity contribution is -0.137. The van der Waals surface area contributed by atoms with Gasteiger partial charge in [-0.3, -0.25) is 4.79 Å². The van der Waals surface area contributed by atoms with Gasteiger partial charge < -0.3 is 10.3 Å². The molecule has 0 aliphatic carbocycles. The number of aryl methyl sites for hydroxylation is 1. The Hall–Kier alpha value is -2.83. The zero-order valence-electron chi connectivity index (χ0n) is 13.2. The van der Waals surface area contributed by atoms with Crippen LogP contribution in [-0.2, 0) is 23.9 Å². The van der Waals surface area contributed by atoms with Gasteiger partial charge in [0.2, 0.25) is 5.91 Å². The van der Waals surface area contributed by atoms with E-state index in [1.165, 1.54) is 6.07 Å². The van der Waals surface area contributed by atoms with Crippen molar-refractivity contribution in [3.05, 3.63) is 65.5 Å². The molecular formula is C18H16F3N3O. The van der Waals surface area contributed by atoms with Crippen LogP contribution in [0, 0.1) is 0 Å². The van der Waals surface area contributed by atoms with Gasteiger partial charge >= 0.3 is 6.18 Å². The van der Waals surface area contributed by atoms with Gasteiger partial charge in [0.15, 0.2) is 0 Å². The summed E-state index contributed by atoms with van der Waals surface area (Å²) in [5.41, 5.74) is 1.43.